The average molecular weight is 363 g/mol. The van der Waals surface area contributed by atoms with Crippen molar-refractivity contribution in [3.05, 3.63) is 108 Å². The Hall–Kier alpha value is -1.76. The predicted molar refractivity (Wildman–Crippen MR) is 84.4 cm³/mol. The average Bonchev–Trinajstić information content (AvgIpc) is 2.58. The molecule has 0 saturated heterocycles. The van der Waals surface area contributed by atoms with E-state index in [1.807, 2.05) is 84.9 Å². The molecule has 3 aromatic carbocycles. The van der Waals surface area contributed by atoms with Crippen molar-refractivity contribution in [3.63, 3.8) is 0 Å². The Balaban J connectivity index is 0.000000267. The van der Waals surface area contributed by atoms with Crippen molar-refractivity contribution in [2.75, 3.05) is 0 Å². The van der Waals surface area contributed by atoms with Gasteiger partial charge in [-0.1, -0.05) is 30.3 Å². The summed E-state index contributed by atoms with van der Waals surface area (Å²) in [5.74, 6) is 0. The summed E-state index contributed by atoms with van der Waals surface area (Å²) in [6.45, 7) is 0. The predicted octanol–water partition coefficient (Wildman–Crippen LogP) is 3.75. The summed E-state index contributed by atoms with van der Waals surface area (Å²) < 4.78 is 0. The summed E-state index contributed by atoms with van der Waals surface area (Å²) >= 11 is 0. The van der Waals surface area contributed by atoms with Crippen molar-refractivity contribution < 1.29 is 19.5 Å². The van der Waals surface area contributed by atoms with Crippen LogP contribution < -0.4 is 5.73 Å². The second-order valence-corrected chi connectivity index (χ2v) is 4.28. The van der Waals surface area contributed by atoms with Crippen molar-refractivity contribution >= 4 is 0 Å². The van der Waals surface area contributed by atoms with E-state index < -0.39 is 0 Å². The number of hydrogen-bond acceptors (Lipinski definition) is 1. The van der Waals surface area contributed by atoms with Crippen LogP contribution in [0.1, 0.15) is 17.2 Å². The molecule has 2 heteroatoms. The number of hydrogen-bond donors (Lipinski definition) is 1. The molecule has 0 fully saturated rings. The van der Waals surface area contributed by atoms with E-state index in [4.69, 9.17) is 5.73 Å². The first-order chi connectivity index (χ1) is 9.88. The van der Waals surface area contributed by atoms with Crippen molar-refractivity contribution in [2.45, 2.75) is 6.04 Å². The molecule has 21 heavy (non-hydrogen) atoms. The minimum atomic E-state index is -0.0719. The van der Waals surface area contributed by atoms with Crippen LogP contribution in [0.2, 0.25) is 0 Å². The number of benzene rings is 3. The minimum Gasteiger partial charge on any atom is -0.184 e. The molecule has 1 atom stereocenters. The molecule has 0 aliphatic carbocycles. The van der Waals surface area contributed by atoms with Gasteiger partial charge in [-0.05, 0) is 5.56 Å². The number of rotatable bonds is 2. The first-order valence-electron chi connectivity index (χ1n) is 6.56. The third-order valence-electron chi connectivity index (χ3n) is 2.83. The third kappa shape index (κ3) is 6.03. The Morgan fingerprint density at radius 3 is 1.76 bits per heavy atom. The van der Waals surface area contributed by atoms with Crippen LogP contribution >= 0.6 is 0 Å². The van der Waals surface area contributed by atoms with Gasteiger partial charge in [0.2, 0.25) is 0 Å². The molecule has 0 saturated carbocycles. The van der Waals surface area contributed by atoms with Gasteiger partial charge in [0.1, 0.15) is 0 Å². The molecule has 0 heterocycles. The molecule has 108 valence electrons. The van der Waals surface area contributed by atoms with E-state index in [1.54, 1.807) is 0 Å². The minimum absolute atomic E-state index is 0. The molecule has 0 spiro atoms. The van der Waals surface area contributed by atoms with Gasteiger partial charge >= 0.3 is 19.5 Å². The molecular formula is C19H18NRh. The van der Waals surface area contributed by atoms with Crippen molar-refractivity contribution in [3.8, 4) is 0 Å². The van der Waals surface area contributed by atoms with Gasteiger partial charge in [0.25, 0.3) is 0 Å². The molecule has 1 radical (unpaired) electrons. The van der Waals surface area contributed by atoms with Gasteiger partial charge in [0, 0.05) is 6.04 Å². The maximum Gasteiger partial charge on any atom is -0.171 e. The summed E-state index contributed by atoms with van der Waals surface area (Å²) in [6.07, 6.45) is 0. The van der Waals surface area contributed by atoms with Gasteiger partial charge in [-0.2, -0.15) is 66.7 Å². The van der Waals surface area contributed by atoms with Crippen molar-refractivity contribution in [1.29, 1.82) is 0 Å². The molecule has 0 amide bonds. The standard InChI is InChI=1S/C13H12N.C6H5.Rh.H/c14-13(11-7-3-1-4-8-11)12-9-5-2-6-10-12;1-2-4-6-5-3-1;;/h1-9,13H,14H2;1-5H;;/q2*-1;+2;. The monoisotopic (exact) mass is 363 g/mol. The van der Waals surface area contributed by atoms with Gasteiger partial charge in [0.15, 0.2) is 0 Å². The zero-order valence-corrected chi connectivity index (χ0v) is 13.3. The summed E-state index contributed by atoms with van der Waals surface area (Å²) in [4.78, 5) is 0. The Kier molecular flexibility index (Phi) is 8.27. The summed E-state index contributed by atoms with van der Waals surface area (Å²) in [7, 11) is 0. The molecule has 1 unspecified atom stereocenters. The van der Waals surface area contributed by atoms with Crippen LogP contribution in [-0.2, 0) is 19.5 Å². The Morgan fingerprint density at radius 2 is 1.29 bits per heavy atom. The van der Waals surface area contributed by atoms with Crippen molar-refractivity contribution in [2.24, 2.45) is 5.73 Å². The van der Waals surface area contributed by atoms with E-state index >= 15 is 0 Å². The molecule has 0 aliphatic heterocycles. The third-order valence-corrected chi connectivity index (χ3v) is 2.83. The molecule has 2 N–H and O–H groups in total. The summed E-state index contributed by atoms with van der Waals surface area (Å²) in [5.41, 5.74) is 8.23. The zero-order valence-electron chi connectivity index (χ0n) is 11.6. The zero-order chi connectivity index (χ0) is 14.0. The van der Waals surface area contributed by atoms with Crippen LogP contribution in [0, 0.1) is 12.1 Å². The first-order valence-corrected chi connectivity index (χ1v) is 6.56. The normalized spacial score (nSPS) is 10.5. The molecule has 0 aromatic heterocycles. The van der Waals surface area contributed by atoms with E-state index in [9.17, 15) is 0 Å². The summed E-state index contributed by atoms with van der Waals surface area (Å²) in [6, 6.07) is 33.4. The Bertz CT molecular complexity index is 516. The topological polar surface area (TPSA) is 26.0 Å². The Labute approximate surface area is 139 Å². The fourth-order valence-electron chi connectivity index (χ4n) is 1.78. The van der Waals surface area contributed by atoms with Gasteiger partial charge in [-0.15, -0.1) is 5.56 Å². The number of nitrogens with two attached hydrogens (primary N) is 1. The molecule has 3 aromatic rings. The smallest absolute Gasteiger partial charge is 0.171 e. The van der Waals surface area contributed by atoms with E-state index in [1.165, 1.54) is 0 Å². The van der Waals surface area contributed by atoms with Crippen molar-refractivity contribution in [1.82, 2.24) is 0 Å². The maximum atomic E-state index is 6.09. The first kappa shape index (κ1) is 17.3. The Morgan fingerprint density at radius 1 is 0.714 bits per heavy atom. The quantitative estimate of drug-likeness (QED) is 0.545. The second-order valence-electron chi connectivity index (χ2n) is 4.28. The second kappa shape index (κ2) is 10.0. The van der Waals surface area contributed by atoms with Crippen LogP contribution in [0.15, 0.2) is 84.9 Å². The van der Waals surface area contributed by atoms with Gasteiger partial charge in [0.05, 0.1) is 0 Å². The van der Waals surface area contributed by atoms with Gasteiger partial charge < -0.3 is 5.73 Å². The van der Waals surface area contributed by atoms with Gasteiger partial charge in [-0.3, -0.25) is 0 Å². The van der Waals surface area contributed by atoms with Gasteiger partial charge in [-0.25, -0.2) is 0 Å². The fourth-order valence-corrected chi connectivity index (χ4v) is 1.78. The molecular weight excluding hydrogens is 345 g/mol. The fraction of sp³-hybridized carbons (Fsp3) is 0.0526. The van der Waals surface area contributed by atoms with E-state index in [0.29, 0.717) is 0 Å². The van der Waals surface area contributed by atoms with Crippen LogP contribution in [-0.4, -0.2) is 0 Å². The van der Waals surface area contributed by atoms with E-state index in [0.717, 1.165) is 11.1 Å². The van der Waals surface area contributed by atoms with E-state index in [-0.39, 0.29) is 25.5 Å². The van der Waals surface area contributed by atoms with Crippen LogP contribution in [0.4, 0.5) is 0 Å². The van der Waals surface area contributed by atoms with Crippen LogP contribution in [0.5, 0.6) is 0 Å². The maximum absolute atomic E-state index is 6.09. The SMILES string of the molecule is NC(c1[c-]cccc1)c1ccccc1.[RhH+2].[c-]1ccccc1. The van der Waals surface area contributed by atoms with Crippen LogP contribution in [0.25, 0.3) is 0 Å². The largest absolute Gasteiger partial charge is 0.184 e. The molecule has 1 nitrogen and oxygen atoms in total. The molecule has 0 aliphatic rings. The van der Waals surface area contributed by atoms with Crippen LogP contribution in [0.3, 0.4) is 0 Å². The van der Waals surface area contributed by atoms with E-state index in [2.05, 4.69) is 12.1 Å². The molecule has 0 bridgehead atoms. The summed E-state index contributed by atoms with van der Waals surface area (Å²) in [5, 5.41) is 0. The molecule has 3 rings (SSSR count).